The van der Waals surface area contributed by atoms with E-state index in [0.29, 0.717) is 6.54 Å². The monoisotopic (exact) mass is 423 g/mol. The van der Waals surface area contributed by atoms with Crippen LogP contribution in [-0.2, 0) is 0 Å². The van der Waals surface area contributed by atoms with E-state index in [9.17, 15) is 18.0 Å². The second kappa shape index (κ2) is 9.80. The molecule has 1 amide bonds. The van der Waals surface area contributed by atoms with Crippen LogP contribution >= 0.6 is 0 Å². The maximum absolute atomic E-state index is 12.6. The van der Waals surface area contributed by atoms with E-state index < -0.39 is 12.8 Å². The first-order valence-electron chi connectivity index (χ1n) is 9.68. The van der Waals surface area contributed by atoms with Gasteiger partial charge in [0.15, 0.2) is 6.61 Å². The van der Waals surface area contributed by atoms with Crippen molar-refractivity contribution in [1.82, 2.24) is 15.2 Å². The average Bonchev–Trinajstić information content (AvgIpc) is 3.27. The second-order valence-corrected chi connectivity index (χ2v) is 7.00. The Hall–Kier alpha value is -2.81. The van der Waals surface area contributed by atoms with Crippen LogP contribution in [0.2, 0.25) is 0 Å². The van der Waals surface area contributed by atoms with Gasteiger partial charge in [0.1, 0.15) is 5.75 Å². The van der Waals surface area contributed by atoms with Gasteiger partial charge < -0.3 is 14.8 Å². The van der Waals surface area contributed by atoms with Crippen molar-refractivity contribution in [2.45, 2.75) is 25.1 Å². The van der Waals surface area contributed by atoms with Gasteiger partial charge in [0.05, 0.1) is 18.7 Å². The van der Waals surface area contributed by atoms with Crippen molar-refractivity contribution >= 4 is 5.91 Å². The molecule has 9 heteroatoms. The number of ether oxygens (including phenoxy) is 2. The van der Waals surface area contributed by atoms with E-state index in [1.54, 1.807) is 7.11 Å². The Morgan fingerprint density at radius 2 is 1.93 bits per heavy atom. The van der Waals surface area contributed by atoms with Crippen LogP contribution in [0.1, 0.15) is 34.8 Å². The van der Waals surface area contributed by atoms with E-state index in [-0.39, 0.29) is 23.4 Å². The van der Waals surface area contributed by atoms with Gasteiger partial charge in [-0.15, -0.1) is 0 Å². The van der Waals surface area contributed by atoms with Crippen LogP contribution in [0.25, 0.3) is 0 Å². The molecular formula is C21H24F3N3O3. The number of pyridine rings is 1. The third kappa shape index (κ3) is 5.85. The lowest BCUT2D eigenvalue weighted by atomic mass is 10.0. The number of halogens is 3. The van der Waals surface area contributed by atoms with Crippen LogP contribution in [-0.4, -0.2) is 55.3 Å². The molecular weight excluding hydrogens is 399 g/mol. The number of hydrogen-bond donors (Lipinski definition) is 1. The Morgan fingerprint density at radius 3 is 2.57 bits per heavy atom. The Bertz CT molecular complexity index is 837. The number of nitrogens with one attached hydrogen (secondary N) is 1. The van der Waals surface area contributed by atoms with Crippen LogP contribution in [0.4, 0.5) is 13.2 Å². The lowest BCUT2D eigenvalue weighted by molar-refractivity contribution is -0.154. The summed E-state index contributed by atoms with van der Waals surface area (Å²) < 4.78 is 46.7. The van der Waals surface area contributed by atoms with Crippen molar-refractivity contribution in [3.8, 4) is 11.6 Å². The summed E-state index contributed by atoms with van der Waals surface area (Å²) in [5.41, 5.74) is 1.24. The maximum Gasteiger partial charge on any atom is 0.422 e. The van der Waals surface area contributed by atoms with E-state index in [0.717, 1.165) is 37.2 Å². The summed E-state index contributed by atoms with van der Waals surface area (Å²) in [6, 6.07) is 10.3. The zero-order chi connectivity index (χ0) is 21.6. The van der Waals surface area contributed by atoms with Gasteiger partial charge in [0, 0.05) is 24.4 Å². The highest BCUT2D eigenvalue weighted by atomic mass is 19.4. The molecule has 0 unspecified atom stereocenters. The number of para-hydroxylation sites is 1. The zero-order valence-electron chi connectivity index (χ0n) is 16.6. The number of methoxy groups -OCH3 is 1. The number of carbonyl (C=O) groups excluding carboxylic acids is 1. The molecule has 2 aromatic rings. The Balaban J connectivity index is 1.65. The number of aromatic nitrogens is 1. The fourth-order valence-electron chi connectivity index (χ4n) is 3.48. The molecule has 6 nitrogen and oxygen atoms in total. The van der Waals surface area contributed by atoms with E-state index in [4.69, 9.17) is 4.74 Å². The lowest BCUT2D eigenvalue weighted by Gasteiger charge is -2.29. The fourth-order valence-corrected chi connectivity index (χ4v) is 3.48. The standard InChI is InChI=1S/C21H24F3N3O3/c1-29-18-7-3-2-6-16(18)17(27-10-4-5-11-27)13-26-20(28)15-8-9-19(25-12-15)30-14-21(22,23)24/h2-3,6-9,12,17H,4-5,10-11,13-14H2,1H3,(H,26,28)/t17-/m0/s1. The van der Waals surface area contributed by atoms with Crippen LogP contribution < -0.4 is 14.8 Å². The van der Waals surface area contributed by atoms with Crippen molar-refractivity contribution in [2.75, 3.05) is 33.4 Å². The van der Waals surface area contributed by atoms with Gasteiger partial charge in [-0.1, -0.05) is 18.2 Å². The highest BCUT2D eigenvalue weighted by Crippen LogP contribution is 2.31. The molecule has 1 saturated heterocycles. The summed E-state index contributed by atoms with van der Waals surface area (Å²) in [4.78, 5) is 18.6. The molecule has 1 fully saturated rings. The molecule has 0 saturated carbocycles. The molecule has 1 aromatic carbocycles. The number of rotatable bonds is 8. The number of amides is 1. The fraction of sp³-hybridized carbons (Fsp3) is 0.429. The average molecular weight is 423 g/mol. The molecule has 2 heterocycles. The van der Waals surface area contributed by atoms with Gasteiger partial charge in [-0.05, 0) is 38.1 Å². The number of likely N-dealkylation sites (tertiary alicyclic amines) is 1. The van der Waals surface area contributed by atoms with Crippen molar-refractivity contribution in [1.29, 1.82) is 0 Å². The van der Waals surface area contributed by atoms with Gasteiger partial charge in [0.2, 0.25) is 5.88 Å². The Kier molecular flexibility index (Phi) is 7.15. The number of hydrogen-bond acceptors (Lipinski definition) is 5. The minimum absolute atomic E-state index is 0.0463. The highest BCUT2D eigenvalue weighted by Gasteiger charge is 2.29. The first-order chi connectivity index (χ1) is 14.4. The number of alkyl halides is 3. The number of nitrogens with zero attached hydrogens (tertiary/aromatic N) is 2. The first-order valence-corrected chi connectivity index (χ1v) is 9.68. The van der Waals surface area contributed by atoms with Crippen LogP contribution in [0, 0.1) is 0 Å². The predicted molar refractivity (Wildman–Crippen MR) is 105 cm³/mol. The molecule has 1 aromatic heterocycles. The lowest BCUT2D eigenvalue weighted by Crippen LogP contribution is -2.37. The van der Waals surface area contributed by atoms with E-state index in [1.807, 2.05) is 24.3 Å². The molecule has 0 bridgehead atoms. The molecule has 30 heavy (non-hydrogen) atoms. The third-order valence-electron chi connectivity index (χ3n) is 4.92. The van der Waals surface area contributed by atoms with Gasteiger partial charge in [0.25, 0.3) is 5.91 Å². The summed E-state index contributed by atoms with van der Waals surface area (Å²) in [6.45, 7) is 0.810. The summed E-state index contributed by atoms with van der Waals surface area (Å²) in [5.74, 6) is 0.216. The molecule has 0 radical (unpaired) electrons. The van der Waals surface area contributed by atoms with Gasteiger partial charge in [-0.3, -0.25) is 9.69 Å². The largest absolute Gasteiger partial charge is 0.496 e. The number of carbonyl (C=O) groups is 1. The van der Waals surface area contributed by atoms with E-state index in [1.165, 1.54) is 18.3 Å². The predicted octanol–water partition coefficient (Wildman–Crippen LogP) is 3.60. The third-order valence-corrected chi connectivity index (χ3v) is 4.92. The van der Waals surface area contributed by atoms with Crippen LogP contribution in [0.3, 0.4) is 0 Å². The Labute approximate surface area is 173 Å². The van der Waals surface area contributed by atoms with E-state index >= 15 is 0 Å². The quantitative estimate of drug-likeness (QED) is 0.703. The zero-order valence-corrected chi connectivity index (χ0v) is 16.6. The van der Waals surface area contributed by atoms with Crippen molar-refractivity contribution in [3.05, 3.63) is 53.7 Å². The molecule has 1 N–H and O–H groups in total. The molecule has 1 atom stereocenters. The molecule has 0 aliphatic carbocycles. The normalized spacial score (nSPS) is 15.6. The summed E-state index contributed by atoms with van der Waals surface area (Å²) in [7, 11) is 1.62. The molecule has 1 aliphatic heterocycles. The summed E-state index contributed by atoms with van der Waals surface area (Å²) >= 11 is 0. The molecule has 0 spiro atoms. The summed E-state index contributed by atoms with van der Waals surface area (Å²) in [6.07, 6.45) is -1.04. The van der Waals surface area contributed by atoms with Crippen molar-refractivity contribution in [2.24, 2.45) is 0 Å². The first kappa shape index (κ1) is 21.9. The second-order valence-electron chi connectivity index (χ2n) is 7.00. The minimum atomic E-state index is -4.44. The van der Waals surface area contributed by atoms with Gasteiger partial charge >= 0.3 is 6.18 Å². The number of benzene rings is 1. The van der Waals surface area contributed by atoms with Crippen LogP contribution in [0.5, 0.6) is 11.6 Å². The molecule has 1 aliphatic rings. The molecule has 3 rings (SSSR count). The van der Waals surface area contributed by atoms with E-state index in [2.05, 4.69) is 19.9 Å². The van der Waals surface area contributed by atoms with Crippen LogP contribution in [0.15, 0.2) is 42.6 Å². The highest BCUT2D eigenvalue weighted by molar-refractivity contribution is 5.93. The van der Waals surface area contributed by atoms with Gasteiger partial charge in [-0.2, -0.15) is 13.2 Å². The van der Waals surface area contributed by atoms with Crippen molar-refractivity contribution in [3.63, 3.8) is 0 Å². The SMILES string of the molecule is COc1ccccc1[C@H](CNC(=O)c1ccc(OCC(F)(F)F)nc1)N1CCCC1. The van der Waals surface area contributed by atoms with Gasteiger partial charge in [-0.25, -0.2) is 4.98 Å². The summed E-state index contributed by atoms with van der Waals surface area (Å²) in [5, 5.41) is 2.90. The maximum atomic E-state index is 12.6. The minimum Gasteiger partial charge on any atom is -0.496 e. The smallest absolute Gasteiger partial charge is 0.422 e. The Morgan fingerprint density at radius 1 is 1.20 bits per heavy atom. The topological polar surface area (TPSA) is 63.7 Å². The molecule has 162 valence electrons. The van der Waals surface area contributed by atoms with Crippen molar-refractivity contribution < 1.29 is 27.4 Å².